The molecule has 0 aliphatic rings. The van der Waals surface area contributed by atoms with E-state index in [4.69, 9.17) is 5.11 Å². The molecule has 0 saturated heterocycles. The Bertz CT molecular complexity index is 464. The number of benzene rings is 1. The summed E-state index contributed by atoms with van der Waals surface area (Å²) in [4.78, 5) is 0.994. The Hall–Kier alpha value is 0.1000. The van der Waals surface area contributed by atoms with Crippen molar-refractivity contribution in [3.63, 3.8) is 0 Å². The Labute approximate surface area is 103 Å². The van der Waals surface area contributed by atoms with Gasteiger partial charge in [0.05, 0.1) is 6.61 Å². The average molecular weight is 336 g/mol. The van der Waals surface area contributed by atoms with Crippen LogP contribution in [0.1, 0.15) is 10.4 Å². The minimum atomic E-state index is 0.0989. The van der Waals surface area contributed by atoms with Crippen molar-refractivity contribution in [1.82, 2.24) is 0 Å². The standard InChI is InChI=1S/C10H8Br2OS/c11-4-6-2-1-3-7-9(6)10(12)8(5-13)14-7/h1-3,13H,4-5H2. The molecule has 0 aliphatic carbocycles. The molecule has 1 aromatic carbocycles. The van der Waals surface area contributed by atoms with Gasteiger partial charge in [0.25, 0.3) is 0 Å². The molecule has 1 heterocycles. The molecule has 0 spiro atoms. The first-order valence-electron chi connectivity index (χ1n) is 4.13. The Morgan fingerprint density at radius 3 is 2.79 bits per heavy atom. The van der Waals surface area contributed by atoms with Crippen LogP contribution < -0.4 is 0 Å². The van der Waals surface area contributed by atoms with E-state index in [1.54, 1.807) is 11.3 Å². The fourth-order valence-electron chi connectivity index (χ4n) is 1.44. The maximum Gasteiger partial charge on any atom is 0.0786 e. The molecular weight excluding hydrogens is 328 g/mol. The normalized spacial score (nSPS) is 11.1. The second-order valence-electron chi connectivity index (χ2n) is 2.92. The van der Waals surface area contributed by atoms with E-state index in [9.17, 15) is 0 Å². The number of aliphatic hydroxyl groups excluding tert-OH is 1. The first-order valence-corrected chi connectivity index (χ1v) is 6.86. The van der Waals surface area contributed by atoms with E-state index < -0.39 is 0 Å². The molecule has 0 radical (unpaired) electrons. The lowest BCUT2D eigenvalue weighted by Gasteiger charge is -1.98. The summed E-state index contributed by atoms with van der Waals surface area (Å²) in [5.74, 6) is 0. The molecule has 0 unspecified atom stereocenters. The Kier molecular flexibility index (Phi) is 3.27. The molecule has 2 aromatic rings. The molecule has 0 fully saturated rings. The van der Waals surface area contributed by atoms with E-state index >= 15 is 0 Å². The first kappa shape index (κ1) is 10.6. The highest BCUT2D eigenvalue weighted by Crippen LogP contribution is 2.38. The van der Waals surface area contributed by atoms with Crippen LogP contribution in [0.2, 0.25) is 0 Å². The summed E-state index contributed by atoms with van der Waals surface area (Å²) >= 11 is 8.63. The van der Waals surface area contributed by atoms with Crippen molar-refractivity contribution in [2.45, 2.75) is 11.9 Å². The van der Waals surface area contributed by atoms with E-state index in [0.717, 1.165) is 14.7 Å². The predicted octanol–water partition coefficient (Wildman–Crippen LogP) is 4.05. The zero-order valence-electron chi connectivity index (χ0n) is 7.26. The number of thiophene rings is 1. The van der Waals surface area contributed by atoms with E-state index in [0.29, 0.717) is 0 Å². The number of alkyl halides is 1. The molecule has 1 nitrogen and oxygen atoms in total. The van der Waals surface area contributed by atoms with Gasteiger partial charge in [-0.05, 0) is 27.6 Å². The van der Waals surface area contributed by atoms with E-state index in [-0.39, 0.29) is 6.61 Å². The van der Waals surface area contributed by atoms with Crippen LogP contribution in [0.15, 0.2) is 22.7 Å². The average Bonchev–Trinajstić information content (AvgIpc) is 2.55. The lowest BCUT2D eigenvalue weighted by molar-refractivity contribution is 0.285. The van der Waals surface area contributed by atoms with Gasteiger partial charge in [-0.1, -0.05) is 28.1 Å². The number of aliphatic hydroxyl groups is 1. The van der Waals surface area contributed by atoms with Crippen molar-refractivity contribution >= 4 is 53.3 Å². The summed E-state index contributed by atoms with van der Waals surface area (Å²) < 4.78 is 2.26. The minimum Gasteiger partial charge on any atom is -0.391 e. The van der Waals surface area contributed by atoms with Gasteiger partial charge < -0.3 is 5.11 Å². The maximum atomic E-state index is 9.15. The molecule has 0 amide bonds. The second-order valence-corrected chi connectivity index (χ2v) is 5.41. The largest absolute Gasteiger partial charge is 0.391 e. The Balaban J connectivity index is 2.79. The lowest BCUT2D eigenvalue weighted by atomic mass is 10.1. The molecule has 4 heteroatoms. The zero-order chi connectivity index (χ0) is 10.1. The van der Waals surface area contributed by atoms with Gasteiger partial charge in [0, 0.05) is 24.8 Å². The molecule has 14 heavy (non-hydrogen) atoms. The summed E-state index contributed by atoms with van der Waals surface area (Å²) in [6.07, 6.45) is 0. The van der Waals surface area contributed by atoms with Crippen molar-refractivity contribution in [3.8, 4) is 0 Å². The highest BCUT2D eigenvalue weighted by Gasteiger charge is 2.11. The summed E-state index contributed by atoms with van der Waals surface area (Å²) in [7, 11) is 0. The van der Waals surface area contributed by atoms with E-state index in [2.05, 4.69) is 44.0 Å². The van der Waals surface area contributed by atoms with E-state index in [1.807, 2.05) is 6.07 Å². The van der Waals surface area contributed by atoms with Crippen LogP contribution in [-0.4, -0.2) is 5.11 Å². The maximum absolute atomic E-state index is 9.15. The van der Waals surface area contributed by atoms with Crippen molar-refractivity contribution in [2.24, 2.45) is 0 Å². The molecule has 74 valence electrons. The highest BCUT2D eigenvalue weighted by molar-refractivity contribution is 9.10. The summed E-state index contributed by atoms with van der Waals surface area (Å²) in [5.41, 5.74) is 1.25. The predicted molar refractivity (Wildman–Crippen MR) is 68.1 cm³/mol. The third-order valence-corrected chi connectivity index (χ3v) is 4.98. The van der Waals surface area contributed by atoms with Gasteiger partial charge in [-0.3, -0.25) is 0 Å². The van der Waals surface area contributed by atoms with E-state index in [1.165, 1.54) is 15.6 Å². The van der Waals surface area contributed by atoms with Crippen molar-refractivity contribution < 1.29 is 5.11 Å². The molecule has 1 N–H and O–H groups in total. The molecule has 0 aliphatic heterocycles. The Morgan fingerprint density at radius 1 is 1.36 bits per heavy atom. The van der Waals surface area contributed by atoms with Crippen LogP contribution >= 0.6 is 43.2 Å². The van der Waals surface area contributed by atoms with Gasteiger partial charge in [0.2, 0.25) is 0 Å². The van der Waals surface area contributed by atoms with Gasteiger partial charge >= 0.3 is 0 Å². The fourth-order valence-corrected chi connectivity index (χ4v) is 3.88. The van der Waals surface area contributed by atoms with Crippen LogP contribution in [0.5, 0.6) is 0 Å². The van der Waals surface area contributed by atoms with Gasteiger partial charge in [-0.15, -0.1) is 11.3 Å². The number of rotatable bonds is 2. The van der Waals surface area contributed by atoms with Crippen LogP contribution in [0.25, 0.3) is 10.1 Å². The topological polar surface area (TPSA) is 20.2 Å². The van der Waals surface area contributed by atoms with Gasteiger partial charge in [-0.25, -0.2) is 0 Å². The van der Waals surface area contributed by atoms with Crippen LogP contribution in [0, 0.1) is 0 Å². The second kappa shape index (κ2) is 4.31. The number of fused-ring (bicyclic) bond motifs is 1. The summed E-state index contributed by atoms with van der Waals surface area (Å²) in [5, 5.41) is 11.2. The van der Waals surface area contributed by atoms with Crippen molar-refractivity contribution in [3.05, 3.63) is 33.1 Å². The van der Waals surface area contributed by atoms with Crippen LogP contribution in [-0.2, 0) is 11.9 Å². The molecule has 0 atom stereocenters. The number of hydrogen-bond acceptors (Lipinski definition) is 2. The van der Waals surface area contributed by atoms with Crippen molar-refractivity contribution in [2.75, 3.05) is 0 Å². The summed E-state index contributed by atoms with van der Waals surface area (Å²) in [6, 6.07) is 6.22. The number of halogens is 2. The third-order valence-electron chi connectivity index (χ3n) is 2.10. The van der Waals surface area contributed by atoms with Crippen LogP contribution in [0.3, 0.4) is 0 Å². The molecule has 0 bridgehead atoms. The zero-order valence-corrected chi connectivity index (χ0v) is 11.2. The van der Waals surface area contributed by atoms with Gasteiger partial charge in [0.1, 0.15) is 0 Å². The quantitative estimate of drug-likeness (QED) is 0.821. The van der Waals surface area contributed by atoms with Crippen molar-refractivity contribution in [1.29, 1.82) is 0 Å². The van der Waals surface area contributed by atoms with Gasteiger partial charge in [-0.2, -0.15) is 0 Å². The summed E-state index contributed by atoms with van der Waals surface area (Å²) in [6.45, 7) is 0.0989. The minimum absolute atomic E-state index is 0.0989. The molecule has 2 rings (SSSR count). The fraction of sp³-hybridized carbons (Fsp3) is 0.200. The van der Waals surface area contributed by atoms with Gasteiger partial charge in [0.15, 0.2) is 0 Å². The SMILES string of the molecule is OCc1sc2cccc(CBr)c2c1Br. The molecular formula is C10H8Br2OS. The molecule has 0 saturated carbocycles. The highest BCUT2D eigenvalue weighted by atomic mass is 79.9. The number of hydrogen-bond donors (Lipinski definition) is 1. The lowest BCUT2D eigenvalue weighted by Crippen LogP contribution is -1.79. The Morgan fingerprint density at radius 2 is 2.14 bits per heavy atom. The first-order chi connectivity index (χ1) is 6.77. The third kappa shape index (κ3) is 1.65. The smallest absolute Gasteiger partial charge is 0.0786 e. The monoisotopic (exact) mass is 334 g/mol. The van der Waals surface area contributed by atoms with Crippen LogP contribution in [0.4, 0.5) is 0 Å². The molecule has 1 aromatic heterocycles.